The zero-order valence-electron chi connectivity index (χ0n) is 12.0. The number of hydrogen-bond donors (Lipinski definition) is 1. The lowest BCUT2D eigenvalue weighted by Gasteiger charge is -2.03. The van der Waals surface area contributed by atoms with Crippen LogP contribution in [0.15, 0.2) is 30.6 Å². The van der Waals surface area contributed by atoms with Gasteiger partial charge in [-0.1, -0.05) is 13.0 Å². The molecule has 1 amide bonds. The van der Waals surface area contributed by atoms with Crippen molar-refractivity contribution < 1.29 is 4.79 Å². The summed E-state index contributed by atoms with van der Waals surface area (Å²) in [6.07, 6.45) is 4.44. The van der Waals surface area contributed by atoms with Gasteiger partial charge < -0.3 is 5.32 Å². The average molecular weight is 300 g/mol. The molecule has 3 rings (SSSR count). The van der Waals surface area contributed by atoms with E-state index in [9.17, 15) is 4.79 Å². The normalized spacial score (nSPS) is 11.0. The number of fused-ring (bicyclic) bond motifs is 1. The number of rotatable bonds is 4. The smallest absolute Gasteiger partial charge is 0.263 e. The number of amides is 1. The zero-order chi connectivity index (χ0) is 14.8. The molecule has 3 aromatic rings. The van der Waals surface area contributed by atoms with Crippen LogP contribution in [0, 0.1) is 6.92 Å². The molecule has 0 aliphatic carbocycles. The summed E-state index contributed by atoms with van der Waals surface area (Å²) in [5.74, 6) is -0.0623. The zero-order valence-corrected chi connectivity index (χ0v) is 12.8. The molecule has 6 heteroatoms. The van der Waals surface area contributed by atoms with Crippen LogP contribution in [0.5, 0.6) is 0 Å². The molecule has 0 saturated carbocycles. The number of thiazole rings is 1. The van der Waals surface area contributed by atoms with Gasteiger partial charge in [0.2, 0.25) is 0 Å². The first kappa shape index (κ1) is 13.8. The molecule has 0 aliphatic rings. The predicted octanol–water partition coefficient (Wildman–Crippen LogP) is 2.59. The summed E-state index contributed by atoms with van der Waals surface area (Å²) in [7, 11) is 0. The maximum atomic E-state index is 12.3. The van der Waals surface area contributed by atoms with E-state index in [-0.39, 0.29) is 5.91 Å². The third-order valence-electron chi connectivity index (χ3n) is 3.29. The monoisotopic (exact) mass is 300 g/mol. The van der Waals surface area contributed by atoms with Crippen LogP contribution in [-0.4, -0.2) is 20.5 Å². The van der Waals surface area contributed by atoms with Crippen molar-refractivity contribution in [2.75, 3.05) is 0 Å². The van der Waals surface area contributed by atoms with Gasteiger partial charge in [-0.25, -0.2) is 9.50 Å². The van der Waals surface area contributed by atoms with E-state index in [1.165, 1.54) is 11.3 Å². The van der Waals surface area contributed by atoms with E-state index >= 15 is 0 Å². The summed E-state index contributed by atoms with van der Waals surface area (Å²) < 4.78 is 1.80. The van der Waals surface area contributed by atoms with Crippen LogP contribution in [0.4, 0.5) is 0 Å². The van der Waals surface area contributed by atoms with Crippen LogP contribution in [0.25, 0.3) is 5.52 Å². The van der Waals surface area contributed by atoms with Gasteiger partial charge in [-0.3, -0.25) is 4.79 Å². The highest BCUT2D eigenvalue weighted by molar-refractivity contribution is 7.13. The van der Waals surface area contributed by atoms with E-state index in [4.69, 9.17) is 0 Å². The minimum Gasteiger partial charge on any atom is -0.347 e. The lowest BCUT2D eigenvalue weighted by molar-refractivity contribution is 0.0954. The largest absolute Gasteiger partial charge is 0.347 e. The third kappa shape index (κ3) is 2.67. The number of aryl methyl sites for hydroxylation is 2. The Kier molecular flexibility index (Phi) is 3.70. The lowest BCUT2D eigenvalue weighted by atomic mass is 10.2. The molecule has 5 nitrogen and oxygen atoms in total. The molecule has 0 aromatic carbocycles. The average Bonchev–Trinajstić information content (AvgIpc) is 3.08. The molecule has 21 heavy (non-hydrogen) atoms. The third-order valence-corrected chi connectivity index (χ3v) is 4.30. The van der Waals surface area contributed by atoms with Crippen molar-refractivity contribution in [1.82, 2.24) is 19.9 Å². The van der Waals surface area contributed by atoms with Crippen molar-refractivity contribution in [1.29, 1.82) is 0 Å². The molecule has 0 aliphatic heterocycles. The number of carbonyl (C=O) groups is 1. The van der Waals surface area contributed by atoms with Gasteiger partial charge in [0, 0.05) is 18.3 Å². The van der Waals surface area contributed by atoms with Crippen molar-refractivity contribution in [2.24, 2.45) is 0 Å². The maximum Gasteiger partial charge on any atom is 0.263 e. The second-order valence-corrected chi connectivity index (χ2v) is 5.95. The minimum atomic E-state index is -0.0623. The Hall–Kier alpha value is -2.21. The standard InChI is InChI=1S/C15H16N4OS/c1-3-12-14(21-10(2)18-12)15(20)16-8-11-9-17-19-7-5-4-6-13(11)19/h4-7,9H,3,8H2,1-2H3,(H,16,20). The van der Waals surface area contributed by atoms with E-state index in [1.54, 1.807) is 10.7 Å². The Morgan fingerprint density at radius 3 is 3.10 bits per heavy atom. The fraction of sp³-hybridized carbons (Fsp3) is 0.267. The summed E-state index contributed by atoms with van der Waals surface area (Å²) in [6.45, 7) is 4.40. The fourth-order valence-electron chi connectivity index (χ4n) is 2.27. The Bertz CT molecular complexity index is 790. The lowest BCUT2D eigenvalue weighted by Crippen LogP contribution is -2.22. The first-order chi connectivity index (χ1) is 10.2. The van der Waals surface area contributed by atoms with Crippen LogP contribution < -0.4 is 5.32 Å². The van der Waals surface area contributed by atoms with Crippen LogP contribution >= 0.6 is 11.3 Å². The molecule has 0 unspecified atom stereocenters. The molecule has 0 spiro atoms. The summed E-state index contributed by atoms with van der Waals surface area (Å²) in [5.41, 5.74) is 2.88. The molecule has 1 N–H and O–H groups in total. The summed E-state index contributed by atoms with van der Waals surface area (Å²) in [6, 6.07) is 5.88. The van der Waals surface area contributed by atoms with E-state index in [2.05, 4.69) is 15.4 Å². The molecular formula is C15H16N4OS. The molecule has 0 saturated heterocycles. The van der Waals surface area contributed by atoms with Crippen molar-refractivity contribution >= 4 is 22.8 Å². The molecule has 0 fully saturated rings. The van der Waals surface area contributed by atoms with Gasteiger partial charge in [-0.2, -0.15) is 5.10 Å². The molecule has 0 radical (unpaired) electrons. The quantitative estimate of drug-likeness (QED) is 0.805. The Morgan fingerprint density at radius 2 is 2.29 bits per heavy atom. The maximum absolute atomic E-state index is 12.3. The highest BCUT2D eigenvalue weighted by Crippen LogP contribution is 2.18. The highest BCUT2D eigenvalue weighted by Gasteiger charge is 2.15. The van der Waals surface area contributed by atoms with Crippen molar-refractivity contribution in [3.05, 3.63) is 51.7 Å². The first-order valence-corrected chi connectivity index (χ1v) is 7.66. The summed E-state index contributed by atoms with van der Waals surface area (Å²) in [4.78, 5) is 17.4. The van der Waals surface area contributed by atoms with Gasteiger partial charge >= 0.3 is 0 Å². The summed E-state index contributed by atoms with van der Waals surface area (Å²) >= 11 is 1.44. The second-order valence-electron chi connectivity index (χ2n) is 4.75. The van der Waals surface area contributed by atoms with E-state index in [0.29, 0.717) is 11.4 Å². The molecule has 108 valence electrons. The van der Waals surface area contributed by atoms with Crippen LogP contribution in [0.1, 0.15) is 32.9 Å². The van der Waals surface area contributed by atoms with Crippen molar-refractivity contribution in [3.63, 3.8) is 0 Å². The number of carbonyl (C=O) groups excluding carboxylic acids is 1. The van der Waals surface area contributed by atoms with Crippen LogP contribution in [-0.2, 0) is 13.0 Å². The summed E-state index contributed by atoms with van der Waals surface area (Å²) in [5, 5.41) is 8.15. The number of pyridine rings is 1. The molecule has 0 bridgehead atoms. The minimum absolute atomic E-state index is 0.0623. The number of nitrogens with one attached hydrogen (secondary N) is 1. The van der Waals surface area contributed by atoms with Gasteiger partial charge in [0.05, 0.1) is 22.4 Å². The molecule has 0 atom stereocenters. The SMILES string of the molecule is CCc1nc(C)sc1C(=O)NCc1cnn2ccccc12. The topological polar surface area (TPSA) is 59.3 Å². The van der Waals surface area contributed by atoms with Gasteiger partial charge in [-0.15, -0.1) is 11.3 Å². The second kappa shape index (κ2) is 5.65. The Balaban J connectivity index is 1.76. The van der Waals surface area contributed by atoms with E-state index < -0.39 is 0 Å². The van der Waals surface area contributed by atoms with Gasteiger partial charge in [0.15, 0.2) is 0 Å². The Morgan fingerprint density at radius 1 is 1.43 bits per heavy atom. The highest BCUT2D eigenvalue weighted by atomic mass is 32.1. The first-order valence-electron chi connectivity index (χ1n) is 6.84. The van der Waals surface area contributed by atoms with Crippen LogP contribution in [0.2, 0.25) is 0 Å². The predicted molar refractivity (Wildman–Crippen MR) is 82.6 cm³/mol. The van der Waals surface area contributed by atoms with E-state index in [0.717, 1.165) is 28.2 Å². The number of aromatic nitrogens is 3. The fourth-order valence-corrected chi connectivity index (χ4v) is 3.19. The molecular weight excluding hydrogens is 284 g/mol. The molecule has 3 aromatic heterocycles. The van der Waals surface area contributed by atoms with Gasteiger partial charge in [0.25, 0.3) is 5.91 Å². The van der Waals surface area contributed by atoms with Crippen molar-refractivity contribution in [2.45, 2.75) is 26.8 Å². The van der Waals surface area contributed by atoms with Crippen LogP contribution in [0.3, 0.4) is 0 Å². The van der Waals surface area contributed by atoms with Crippen molar-refractivity contribution in [3.8, 4) is 0 Å². The van der Waals surface area contributed by atoms with Gasteiger partial charge in [0.1, 0.15) is 4.88 Å². The van der Waals surface area contributed by atoms with Gasteiger partial charge in [-0.05, 0) is 25.5 Å². The Labute approximate surface area is 126 Å². The number of nitrogens with zero attached hydrogens (tertiary/aromatic N) is 3. The van der Waals surface area contributed by atoms with E-state index in [1.807, 2.05) is 38.2 Å². The molecule has 3 heterocycles. The number of hydrogen-bond acceptors (Lipinski definition) is 4.